The number of nitrogens with zero attached hydrogens (tertiary/aromatic N) is 4. The molecule has 0 amide bonds. The van der Waals surface area contributed by atoms with Gasteiger partial charge >= 0.3 is 13.7 Å². The van der Waals surface area contributed by atoms with E-state index in [1.807, 2.05) is 0 Å². The molecule has 4 N–H and O–H groups in total. The zero-order valence-electron chi connectivity index (χ0n) is 20.9. The van der Waals surface area contributed by atoms with Crippen LogP contribution >= 0.6 is 30.9 Å². The van der Waals surface area contributed by atoms with Crippen LogP contribution in [-0.2, 0) is 23.4 Å². The van der Waals surface area contributed by atoms with E-state index in [0.29, 0.717) is 0 Å². The number of esters is 1. The van der Waals surface area contributed by atoms with Gasteiger partial charge in [-0.25, -0.2) is 13.9 Å². The molecule has 4 rings (SSSR count). The van der Waals surface area contributed by atoms with Crippen LogP contribution in [0, 0.1) is 0 Å². The summed E-state index contributed by atoms with van der Waals surface area (Å²) in [5.41, 5.74) is 5.76. The van der Waals surface area contributed by atoms with Gasteiger partial charge in [0.25, 0.3) is 5.13 Å². The van der Waals surface area contributed by atoms with Crippen LogP contribution in [-0.4, -0.2) is 66.7 Å². The number of benzene rings is 1. The summed E-state index contributed by atoms with van der Waals surface area (Å²) in [4.78, 5) is 24.1. The molecule has 39 heavy (non-hydrogen) atoms. The van der Waals surface area contributed by atoms with Crippen LogP contribution in [0.4, 0.5) is 10.3 Å². The number of aromatic nitrogens is 4. The van der Waals surface area contributed by atoms with Crippen molar-refractivity contribution in [3.8, 4) is 5.75 Å². The average molecular weight is 607 g/mol. The zero-order valence-corrected chi connectivity index (χ0v) is 23.3. The summed E-state index contributed by atoms with van der Waals surface area (Å²) in [5, 5.41) is 10.2. The minimum Gasteiger partial charge on any atom is -0.462 e. The Morgan fingerprint density at radius 2 is 2.03 bits per heavy atom. The molecule has 1 aromatic carbocycles. The number of alkyl halides is 2. The minimum absolute atomic E-state index is 0.00572. The van der Waals surface area contributed by atoms with E-state index in [4.69, 9.17) is 47.5 Å². The molecule has 13 nitrogen and oxygen atoms in total. The van der Waals surface area contributed by atoms with Crippen molar-refractivity contribution >= 4 is 54.0 Å². The Hall–Kier alpha value is -2.58. The van der Waals surface area contributed by atoms with Crippen molar-refractivity contribution in [2.75, 3.05) is 12.3 Å². The number of halogens is 3. The monoisotopic (exact) mass is 606 g/mol. The maximum Gasteiger partial charge on any atom is 0.459 e. The van der Waals surface area contributed by atoms with Gasteiger partial charge < -0.3 is 24.8 Å². The maximum atomic E-state index is 15.6. The highest BCUT2D eigenvalue weighted by molar-refractivity contribution is 7.52. The van der Waals surface area contributed by atoms with Crippen LogP contribution in [0.2, 0.25) is 5.15 Å². The number of aliphatic hydroxyl groups excluding tert-OH is 1. The van der Waals surface area contributed by atoms with E-state index in [1.54, 1.807) is 32.0 Å². The summed E-state index contributed by atoms with van der Waals surface area (Å²) < 4.78 is 52.3. The van der Waals surface area contributed by atoms with Gasteiger partial charge in [-0.3, -0.25) is 13.9 Å². The second kappa shape index (κ2) is 11.5. The van der Waals surface area contributed by atoms with E-state index >= 15 is 4.39 Å². The fraction of sp³-hybridized carbons (Fsp3) is 0.455. The summed E-state index contributed by atoms with van der Waals surface area (Å²) in [6, 6.07) is 6.88. The summed E-state index contributed by atoms with van der Waals surface area (Å²) in [6.45, 7) is 4.05. The largest absolute Gasteiger partial charge is 0.462 e. The van der Waals surface area contributed by atoms with Crippen molar-refractivity contribution < 1.29 is 37.4 Å². The highest BCUT2D eigenvalue weighted by Crippen LogP contribution is 2.49. The van der Waals surface area contributed by atoms with Gasteiger partial charge in [0.1, 0.15) is 29.5 Å². The lowest BCUT2D eigenvalue weighted by Crippen LogP contribution is -2.40. The topological polar surface area (TPSA) is 173 Å². The van der Waals surface area contributed by atoms with Crippen LogP contribution in [0.15, 0.2) is 36.7 Å². The van der Waals surface area contributed by atoms with Gasteiger partial charge in [0.05, 0.1) is 19.0 Å². The van der Waals surface area contributed by atoms with Crippen LogP contribution in [0.3, 0.4) is 0 Å². The minimum atomic E-state index is -4.33. The summed E-state index contributed by atoms with van der Waals surface area (Å²) in [5.74, 6) is -0.764. The Balaban J connectivity index is 1.55. The molecular formula is C22H26Cl2FN6O7P. The van der Waals surface area contributed by atoms with Crippen molar-refractivity contribution in [1.29, 1.82) is 0 Å². The fourth-order valence-corrected chi connectivity index (χ4v) is 5.70. The number of carbonyl (C=O) groups is 1. The van der Waals surface area contributed by atoms with Crippen molar-refractivity contribution in [2.45, 2.75) is 56.5 Å². The molecule has 1 saturated heterocycles. The molecule has 6 atom stereocenters. The Kier molecular flexibility index (Phi) is 8.67. The first-order valence-corrected chi connectivity index (χ1v) is 13.9. The standard InChI is InChI=1S/C22H26Cl2FN6O7P/c1-11(2)36-19(33)12(3)30-39(34,38-13-7-5-4-6-8-13)35-9-14-16(32)22(24,25)20(37-14)31-10-27-15-17(23)28-21(26)29-18(15)31/h4-8,10-12,14,16,20,32H,9H2,1-3H3,(H,30,34)(H2,26,28,29)/t12-,14+,16?,20+,22?,39?/m0/s1. The molecule has 0 spiro atoms. The number of hydrogen-bond donors (Lipinski definition) is 3. The maximum absolute atomic E-state index is 15.6. The molecule has 0 bridgehead atoms. The first-order chi connectivity index (χ1) is 18.3. The van der Waals surface area contributed by atoms with E-state index in [-0.39, 0.29) is 28.0 Å². The number of nitrogen functional groups attached to an aromatic ring is 1. The van der Waals surface area contributed by atoms with E-state index in [2.05, 4.69) is 20.0 Å². The zero-order chi connectivity index (χ0) is 28.5. The van der Waals surface area contributed by atoms with Gasteiger partial charge in [0.2, 0.25) is 5.95 Å². The van der Waals surface area contributed by atoms with Crippen LogP contribution in [0.5, 0.6) is 5.75 Å². The number of fused-ring (bicyclic) bond motifs is 1. The number of anilines is 1. The summed E-state index contributed by atoms with van der Waals surface area (Å²) in [7, 11) is -4.33. The smallest absolute Gasteiger partial charge is 0.459 e. The lowest BCUT2D eigenvalue weighted by Gasteiger charge is -2.25. The highest BCUT2D eigenvalue weighted by Gasteiger charge is 2.58. The molecule has 3 heterocycles. The molecule has 0 radical (unpaired) electrons. The van der Waals surface area contributed by atoms with E-state index in [9.17, 15) is 14.5 Å². The second-order valence-electron chi connectivity index (χ2n) is 8.88. The van der Waals surface area contributed by atoms with Gasteiger partial charge in [-0.2, -0.15) is 15.1 Å². The van der Waals surface area contributed by atoms with E-state index in [0.717, 1.165) is 10.9 Å². The Labute approximate surface area is 232 Å². The molecule has 17 heteroatoms. The number of rotatable bonds is 10. The third kappa shape index (κ3) is 6.43. The molecule has 0 saturated carbocycles. The molecular weight excluding hydrogens is 581 g/mol. The van der Waals surface area contributed by atoms with Crippen molar-refractivity contribution in [1.82, 2.24) is 24.6 Å². The Morgan fingerprint density at radius 1 is 1.33 bits per heavy atom. The number of carbonyl (C=O) groups excluding carboxylic acids is 1. The summed E-state index contributed by atoms with van der Waals surface area (Å²) >= 11 is 12.1. The number of aliphatic hydroxyl groups is 1. The van der Waals surface area contributed by atoms with Crippen LogP contribution in [0.1, 0.15) is 27.0 Å². The first-order valence-electron chi connectivity index (χ1n) is 11.6. The summed E-state index contributed by atoms with van der Waals surface area (Å²) in [6.07, 6.45) is -4.36. The molecule has 1 aliphatic rings. The van der Waals surface area contributed by atoms with Gasteiger partial charge in [-0.15, -0.1) is 0 Å². The van der Waals surface area contributed by atoms with Crippen LogP contribution in [0.25, 0.3) is 11.2 Å². The number of imidazole rings is 1. The third-order valence-corrected chi connectivity index (χ3v) is 7.78. The van der Waals surface area contributed by atoms with Crippen molar-refractivity contribution in [2.24, 2.45) is 0 Å². The second-order valence-corrected chi connectivity index (χ2v) is 11.5. The molecule has 1 aliphatic heterocycles. The molecule has 3 unspecified atom stereocenters. The normalized spacial score (nSPS) is 25.5. The van der Waals surface area contributed by atoms with Crippen LogP contribution < -0.4 is 15.3 Å². The predicted octanol–water partition coefficient (Wildman–Crippen LogP) is 3.36. The van der Waals surface area contributed by atoms with Crippen molar-refractivity contribution in [3.63, 3.8) is 0 Å². The molecule has 1 fully saturated rings. The Bertz CT molecular complexity index is 1380. The number of nitrogens with two attached hydrogens (primary N) is 1. The first kappa shape index (κ1) is 29.4. The average Bonchev–Trinajstić information content (AvgIpc) is 3.36. The fourth-order valence-electron chi connectivity index (χ4n) is 3.68. The highest BCUT2D eigenvalue weighted by atomic mass is 35.5. The number of nitrogens with one attached hydrogen (secondary N) is 1. The Morgan fingerprint density at radius 3 is 2.69 bits per heavy atom. The lowest BCUT2D eigenvalue weighted by molar-refractivity contribution is -0.149. The predicted molar refractivity (Wildman–Crippen MR) is 139 cm³/mol. The van der Waals surface area contributed by atoms with E-state index in [1.165, 1.54) is 19.1 Å². The molecule has 3 aromatic rings. The molecule has 0 aliphatic carbocycles. The third-order valence-electron chi connectivity index (χ3n) is 5.46. The number of para-hydroxylation sites is 1. The number of ether oxygens (including phenoxy) is 2. The van der Waals surface area contributed by atoms with Gasteiger partial charge in [0.15, 0.2) is 17.0 Å². The molecule has 2 aromatic heterocycles. The van der Waals surface area contributed by atoms with Gasteiger partial charge in [-0.1, -0.05) is 41.4 Å². The quantitative estimate of drug-likeness (QED) is 0.133. The lowest BCUT2D eigenvalue weighted by atomic mass is 10.1. The van der Waals surface area contributed by atoms with Gasteiger partial charge in [-0.05, 0) is 32.9 Å². The van der Waals surface area contributed by atoms with Crippen molar-refractivity contribution in [3.05, 3.63) is 41.8 Å². The number of hydrogen-bond acceptors (Lipinski definition) is 11. The SMILES string of the molecule is CC(C)OC(=O)[C@H](C)NP(=O)(OC[C@H]1O[C@@H](n2cnc3c(Cl)nc(N)nc32)C(F)(Cl)C1O)Oc1ccccc1. The molecule has 212 valence electrons. The van der Waals surface area contributed by atoms with E-state index < -0.39 is 56.0 Å². The van der Waals surface area contributed by atoms with Gasteiger partial charge in [0, 0.05) is 0 Å².